The molecular weight excluding hydrogens is 286 g/mol. The molecule has 1 aromatic rings. The lowest BCUT2D eigenvalue weighted by molar-refractivity contribution is -0.123. The molecule has 0 aliphatic rings. The van der Waals surface area contributed by atoms with Crippen LogP contribution in [0.2, 0.25) is 0 Å². The Bertz CT molecular complexity index is 411. The van der Waals surface area contributed by atoms with E-state index in [1.54, 1.807) is 0 Å². The first-order valence-corrected chi connectivity index (χ1v) is 7.18. The summed E-state index contributed by atoms with van der Waals surface area (Å²) in [5.74, 6) is 0.0878. The van der Waals surface area contributed by atoms with E-state index in [0.717, 1.165) is 13.1 Å². The SMILES string of the molecule is CC(CN(C)Cc1ccccc1)NC(=O)[C@@H](N)C(C)C.Cl. The highest BCUT2D eigenvalue weighted by atomic mass is 35.5. The summed E-state index contributed by atoms with van der Waals surface area (Å²) in [5.41, 5.74) is 7.11. The summed E-state index contributed by atoms with van der Waals surface area (Å²) in [4.78, 5) is 14.1. The zero-order chi connectivity index (χ0) is 15.1. The minimum Gasteiger partial charge on any atom is -0.351 e. The number of carbonyl (C=O) groups is 1. The van der Waals surface area contributed by atoms with Crippen LogP contribution in [0.4, 0.5) is 0 Å². The lowest BCUT2D eigenvalue weighted by atomic mass is 10.0. The van der Waals surface area contributed by atoms with Gasteiger partial charge in [-0.15, -0.1) is 12.4 Å². The molecule has 3 N–H and O–H groups in total. The highest BCUT2D eigenvalue weighted by molar-refractivity contribution is 5.85. The second-order valence-electron chi connectivity index (χ2n) is 5.86. The van der Waals surface area contributed by atoms with E-state index in [-0.39, 0.29) is 30.3 Å². The number of nitrogens with two attached hydrogens (primary N) is 1. The number of nitrogens with one attached hydrogen (secondary N) is 1. The van der Waals surface area contributed by atoms with E-state index in [0.29, 0.717) is 0 Å². The van der Waals surface area contributed by atoms with Crippen LogP contribution in [0.5, 0.6) is 0 Å². The van der Waals surface area contributed by atoms with Crippen LogP contribution in [0.3, 0.4) is 0 Å². The predicted molar refractivity (Wildman–Crippen MR) is 90.4 cm³/mol. The van der Waals surface area contributed by atoms with E-state index in [1.165, 1.54) is 5.56 Å². The topological polar surface area (TPSA) is 58.4 Å². The van der Waals surface area contributed by atoms with Gasteiger partial charge in [-0.1, -0.05) is 44.2 Å². The van der Waals surface area contributed by atoms with Gasteiger partial charge >= 0.3 is 0 Å². The fourth-order valence-corrected chi connectivity index (χ4v) is 2.11. The Balaban J connectivity index is 0.00000400. The Morgan fingerprint density at radius 1 is 1.24 bits per heavy atom. The highest BCUT2D eigenvalue weighted by Gasteiger charge is 2.19. The van der Waals surface area contributed by atoms with Gasteiger partial charge in [-0.2, -0.15) is 0 Å². The van der Waals surface area contributed by atoms with E-state index in [1.807, 2.05) is 39.0 Å². The first kappa shape index (κ1) is 19.9. The molecule has 0 aromatic heterocycles. The van der Waals surface area contributed by atoms with Crippen molar-refractivity contribution in [2.24, 2.45) is 11.7 Å². The molecule has 0 saturated heterocycles. The van der Waals surface area contributed by atoms with Crippen molar-refractivity contribution < 1.29 is 4.79 Å². The van der Waals surface area contributed by atoms with Crippen LogP contribution in [0.15, 0.2) is 30.3 Å². The van der Waals surface area contributed by atoms with Crippen molar-refractivity contribution in [2.75, 3.05) is 13.6 Å². The Kier molecular flexibility index (Phi) is 9.26. The van der Waals surface area contributed by atoms with Gasteiger partial charge in [-0.25, -0.2) is 0 Å². The highest BCUT2D eigenvalue weighted by Crippen LogP contribution is 2.04. The fourth-order valence-electron chi connectivity index (χ4n) is 2.11. The largest absolute Gasteiger partial charge is 0.351 e. The summed E-state index contributed by atoms with van der Waals surface area (Å²) in [6.45, 7) is 7.59. The number of hydrogen-bond donors (Lipinski definition) is 2. The van der Waals surface area contributed by atoms with Gasteiger partial charge in [0.15, 0.2) is 0 Å². The zero-order valence-corrected chi connectivity index (χ0v) is 14.2. The van der Waals surface area contributed by atoms with Crippen LogP contribution >= 0.6 is 12.4 Å². The van der Waals surface area contributed by atoms with E-state index in [2.05, 4.69) is 29.4 Å². The van der Waals surface area contributed by atoms with Crippen molar-refractivity contribution in [3.05, 3.63) is 35.9 Å². The van der Waals surface area contributed by atoms with Gasteiger partial charge in [-0.3, -0.25) is 4.79 Å². The van der Waals surface area contributed by atoms with E-state index >= 15 is 0 Å². The van der Waals surface area contributed by atoms with Gasteiger partial charge < -0.3 is 16.0 Å². The van der Waals surface area contributed by atoms with Crippen LogP contribution < -0.4 is 11.1 Å². The quantitative estimate of drug-likeness (QED) is 0.810. The number of carbonyl (C=O) groups excluding carboxylic acids is 1. The molecule has 1 rings (SSSR count). The van der Waals surface area contributed by atoms with Crippen molar-refractivity contribution in [3.8, 4) is 0 Å². The number of rotatable bonds is 7. The van der Waals surface area contributed by atoms with Crippen LogP contribution in [0, 0.1) is 5.92 Å². The minimum absolute atomic E-state index is 0. The summed E-state index contributed by atoms with van der Waals surface area (Å²) >= 11 is 0. The predicted octanol–water partition coefficient (Wildman–Crippen LogP) is 2.03. The summed E-state index contributed by atoms with van der Waals surface area (Å²) in [5, 5.41) is 2.97. The molecule has 0 bridgehead atoms. The Labute approximate surface area is 134 Å². The molecule has 0 radical (unpaired) electrons. The number of nitrogens with zero attached hydrogens (tertiary/aromatic N) is 1. The second kappa shape index (κ2) is 9.77. The third-order valence-electron chi connectivity index (χ3n) is 3.29. The first-order chi connectivity index (χ1) is 9.40. The van der Waals surface area contributed by atoms with Crippen molar-refractivity contribution >= 4 is 18.3 Å². The molecule has 0 aliphatic heterocycles. The molecule has 1 unspecified atom stereocenters. The average molecular weight is 314 g/mol. The number of amides is 1. The first-order valence-electron chi connectivity index (χ1n) is 7.18. The molecule has 1 amide bonds. The smallest absolute Gasteiger partial charge is 0.237 e. The van der Waals surface area contributed by atoms with Crippen molar-refractivity contribution in [1.29, 1.82) is 0 Å². The van der Waals surface area contributed by atoms with E-state index < -0.39 is 6.04 Å². The maximum Gasteiger partial charge on any atom is 0.237 e. The summed E-state index contributed by atoms with van der Waals surface area (Å²) in [6.07, 6.45) is 0. The molecule has 0 saturated carbocycles. The average Bonchev–Trinajstić information content (AvgIpc) is 2.38. The standard InChI is InChI=1S/C16H27N3O.ClH/c1-12(2)15(17)16(20)18-13(3)10-19(4)11-14-8-6-5-7-9-14;/h5-9,12-13,15H,10-11,17H2,1-4H3,(H,18,20);1H/t13?,15-;/m0./s1. The maximum atomic E-state index is 11.9. The number of benzene rings is 1. The molecule has 0 heterocycles. The summed E-state index contributed by atoms with van der Waals surface area (Å²) < 4.78 is 0. The molecule has 4 nitrogen and oxygen atoms in total. The van der Waals surface area contributed by atoms with Crippen LogP contribution in [0.25, 0.3) is 0 Å². The molecular formula is C16H28ClN3O. The Morgan fingerprint density at radius 2 is 1.81 bits per heavy atom. The normalized spacial score (nSPS) is 13.7. The van der Waals surface area contributed by atoms with Gasteiger partial charge in [0.05, 0.1) is 6.04 Å². The molecule has 5 heteroatoms. The van der Waals surface area contributed by atoms with Crippen molar-refractivity contribution in [1.82, 2.24) is 10.2 Å². The lowest BCUT2D eigenvalue weighted by Gasteiger charge is -2.24. The van der Waals surface area contributed by atoms with E-state index in [4.69, 9.17) is 5.73 Å². The maximum absolute atomic E-state index is 11.9. The third kappa shape index (κ3) is 7.46. The summed E-state index contributed by atoms with van der Waals surface area (Å²) in [6, 6.07) is 9.95. The van der Waals surface area contributed by atoms with Crippen molar-refractivity contribution in [3.63, 3.8) is 0 Å². The summed E-state index contributed by atoms with van der Waals surface area (Å²) in [7, 11) is 2.05. The molecule has 2 atom stereocenters. The van der Waals surface area contributed by atoms with Crippen LogP contribution in [-0.2, 0) is 11.3 Å². The Hall–Kier alpha value is -1.10. The third-order valence-corrected chi connectivity index (χ3v) is 3.29. The van der Waals surface area contributed by atoms with Crippen LogP contribution in [0.1, 0.15) is 26.3 Å². The van der Waals surface area contributed by atoms with Gasteiger partial charge in [0, 0.05) is 19.1 Å². The zero-order valence-electron chi connectivity index (χ0n) is 13.4. The number of likely N-dealkylation sites (N-methyl/N-ethyl adjacent to an activating group) is 1. The molecule has 120 valence electrons. The fraction of sp³-hybridized carbons (Fsp3) is 0.562. The molecule has 0 aliphatic carbocycles. The molecule has 21 heavy (non-hydrogen) atoms. The van der Waals surface area contributed by atoms with Gasteiger partial charge in [-0.05, 0) is 25.5 Å². The lowest BCUT2D eigenvalue weighted by Crippen LogP contribution is -2.49. The molecule has 0 spiro atoms. The monoisotopic (exact) mass is 313 g/mol. The minimum atomic E-state index is -0.433. The Morgan fingerprint density at radius 3 is 2.33 bits per heavy atom. The number of hydrogen-bond acceptors (Lipinski definition) is 3. The van der Waals surface area contributed by atoms with Gasteiger partial charge in [0.1, 0.15) is 0 Å². The molecule has 1 aromatic carbocycles. The van der Waals surface area contributed by atoms with Crippen LogP contribution in [-0.4, -0.2) is 36.5 Å². The van der Waals surface area contributed by atoms with E-state index in [9.17, 15) is 4.79 Å². The number of halogens is 1. The van der Waals surface area contributed by atoms with Gasteiger partial charge in [0.2, 0.25) is 5.91 Å². The molecule has 0 fully saturated rings. The van der Waals surface area contributed by atoms with Crippen molar-refractivity contribution in [2.45, 2.75) is 39.4 Å². The van der Waals surface area contributed by atoms with Gasteiger partial charge in [0.25, 0.3) is 0 Å². The second-order valence-corrected chi connectivity index (χ2v) is 5.86.